The predicted octanol–water partition coefficient (Wildman–Crippen LogP) is 3.24. The number of hydrogen-bond acceptors (Lipinski definition) is 4. The summed E-state index contributed by atoms with van der Waals surface area (Å²) in [6.07, 6.45) is 0. The third-order valence-corrected chi connectivity index (χ3v) is 5.10. The van der Waals surface area contributed by atoms with E-state index in [0.717, 1.165) is 5.39 Å². The molecule has 0 aliphatic carbocycles. The van der Waals surface area contributed by atoms with E-state index in [2.05, 4.69) is 4.72 Å². The number of sulfonamides is 1. The van der Waals surface area contributed by atoms with E-state index in [4.69, 9.17) is 5.73 Å². The summed E-state index contributed by atoms with van der Waals surface area (Å²) < 4.78 is 27.5. The van der Waals surface area contributed by atoms with Gasteiger partial charge in [0.15, 0.2) is 0 Å². The van der Waals surface area contributed by atoms with E-state index in [0.29, 0.717) is 22.3 Å². The maximum Gasteiger partial charge on any atom is 0.261 e. The molecule has 5 nitrogen and oxygen atoms in total. The highest BCUT2D eigenvalue weighted by molar-refractivity contribution is 7.92. The van der Waals surface area contributed by atoms with Crippen LogP contribution in [0.1, 0.15) is 5.56 Å². The number of nitrogens with two attached hydrogens (primary N) is 1. The lowest BCUT2D eigenvalue weighted by Crippen LogP contribution is -2.12. The van der Waals surface area contributed by atoms with Crippen molar-refractivity contribution in [1.82, 2.24) is 0 Å². The van der Waals surface area contributed by atoms with Crippen molar-refractivity contribution in [2.45, 2.75) is 11.8 Å². The topological polar surface area (TPSA) is 92.4 Å². The smallest absolute Gasteiger partial charge is 0.261 e. The van der Waals surface area contributed by atoms with Gasteiger partial charge >= 0.3 is 0 Å². The van der Waals surface area contributed by atoms with Crippen LogP contribution in [0, 0.1) is 6.92 Å². The van der Waals surface area contributed by atoms with Crippen molar-refractivity contribution >= 4 is 32.2 Å². The summed E-state index contributed by atoms with van der Waals surface area (Å²) in [5, 5.41) is 11.1. The first-order valence-corrected chi connectivity index (χ1v) is 8.46. The summed E-state index contributed by atoms with van der Waals surface area (Å²) in [5.74, 6) is 0.0908. The van der Waals surface area contributed by atoms with Gasteiger partial charge < -0.3 is 10.8 Å². The molecule has 0 radical (unpaired) electrons. The third-order valence-electron chi connectivity index (χ3n) is 3.72. The van der Waals surface area contributed by atoms with Gasteiger partial charge in [0.05, 0.1) is 4.90 Å². The number of hydrogen-bond donors (Lipinski definition) is 3. The van der Waals surface area contributed by atoms with Crippen LogP contribution in [0.15, 0.2) is 59.5 Å². The molecule has 0 saturated heterocycles. The van der Waals surface area contributed by atoms with Crippen molar-refractivity contribution in [3.05, 3.63) is 60.2 Å². The number of nitrogens with one attached hydrogen (secondary N) is 1. The molecule has 0 fully saturated rings. The van der Waals surface area contributed by atoms with Crippen molar-refractivity contribution in [3.63, 3.8) is 0 Å². The molecule has 0 unspecified atom stereocenters. The normalized spacial score (nSPS) is 11.5. The molecule has 0 saturated carbocycles. The van der Waals surface area contributed by atoms with Crippen molar-refractivity contribution in [2.24, 2.45) is 0 Å². The molecule has 6 heteroatoms. The van der Waals surface area contributed by atoms with Crippen LogP contribution in [-0.4, -0.2) is 13.5 Å². The third kappa shape index (κ3) is 2.80. The number of phenolic OH excluding ortho intramolecular Hbond substituents is 1. The minimum absolute atomic E-state index is 0.0908. The molecule has 3 aromatic rings. The predicted molar refractivity (Wildman–Crippen MR) is 92.0 cm³/mol. The Morgan fingerprint density at radius 3 is 2.39 bits per heavy atom. The van der Waals surface area contributed by atoms with E-state index in [1.165, 1.54) is 18.2 Å². The minimum atomic E-state index is -3.71. The Morgan fingerprint density at radius 1 is 1.00 bits per heavy atom. The second-order valence-corrected chi connectivity index (χ2v) is 6.97. The van der Waals surface area contributed by atoms with Gasteiger partial charge in [-0.25, -0.2) is 8.42 Å². The fourth-order valence-electron chi connectivity index (χ4n) is 2.45. The van der Waals surface area contributed by atoms with Crippen LogP contribution in [0.4, 0.5) is 11.4 Å². The molecular weight excluding hydrogens is 312 g/mol. The second-order valence-electron chi connectivity index (χ2n) is 5.29. The Morgan fingerprint density at radius 2 is 1.70 bits per heavy atom. The van der Waals surface area contributed by atoms with Crippen LogP contribution in [-0.2, 0) is 10.0 Å². The number of para-hydroxylation sites is 1. The zero-order chi connectivity index (χ0) is 16.6. The summed E-state index contributed by atoms with van der Waals surface area (Å²) in [4.78, 5) is 0.116. The maximum atomic E-state index is 12.5. The molecule has 3 aromatic carbocycles. The summed E-state index contributed by atoms with van der Waals surface area (Å²) in [6.45, 7) is 1.76. The Labute approximate surface area is 134 Å². The van der Waals surface area contributed by atoms with Crippen molar-refractivity contribution in [1.29, 1.82) is 0 Å². The number of benzene rings is 3. The fourth-order valence-corrected chi connectivity index (χ4v) is 3.53. The summed E-state index contributed by atoms with van der Waals surface area (Å²) >= 11 is 0. The number of aryl methyl sites for hydroxylation is 1. The van der Waals surface area contributed by atoms with Crippen LogP contribution in [0.3, 0.4) is 0 Å². The van der Waals surface area contributed by atoms with Gasteiger partial charge in [-0.15, -0.1) is 0 Å². The molecule has 0 aromatic heterocycles. The zero-order valence-corrected chi connectivity index (χ0v) is 13.3. The van der Waals surface area contributed by atoms with Gasteiger partial charge in [0.1, 0.15) is 5.75 Å². The van der Waals surface area contributed by atoms with Gasteiger partial charge in [-0.1, -0.05) is 24.3 Å². The van der Waals surface area contributed by atoms with E-state index in [1.807, 2.05) is 6.07 Å². The van der Waals surface area contributed by atoms with E-state index < -0.39 is 10.0 Å². The van der Waals surface area contributed by atoms with Crippen LogP contribution < -0.4 is 10.5 Å². The molecule has 0 heterocycles. The standard InChI is InChI=1S/C17H16N2O3S/c1-11-14-8-7-13(9-15(14)16(18)10-17(11)20)23(21,22)19-12-5-3-2-4-6-12/h2-10,19-20H,18H2,1H3. The van der Waals surface area contributed by atoms with Gasteiger partial charge in [0, 0.05) is 22.8 Å². The molecule has 0 aliphatic rings. The first-order chi connectivity index (χ1) is 10.9. The monoisotopic (exact) mass is 328 g/mol. The summed E-state index contributed by atoms with van der Waals surface area (Å²) in [5.41, 5.74) is 7.40. The number of anilines is 2. The maximum absolute atomic E-state index is 12.5. The highest BCUT2D eigenvalue weighted by Crippen LogP contribution is 2.33. The Balaban J connectivity index is 2.10. The number of rotatable bonds is 3. The number of phenols is 1. The molecule has 0 bridgehead atoms. The van der Waals surface area contributed by atoms with E-state index >= 15 is 0 Å². The molecular formula is C17H16N2O3S. The van der Waals surface area contributed by atoms with Crippen LogP contribution in [0.2, 0.25) is 0 Å². The lowest BCUT2D eigenvalue weighted by atomic mass is 10.0. The van der Waals surface area contributed by atoms with Gasteiger partial charge in [-0.2, -0.15) is 0 Å². The largest absolute Gasteiger partial charge is 0.508 e. The zero-order valence-electron chi connectivity index (χ0n) is 12.4. The molecule has 0 aliphatic heterocycles. The van der Waals surface area contributed by atoms with Gasteiger partial charge in [-0.05, 0) is 42.1 Å². The van der Waals surface area contributed by atoms with E-state index in [-0.39, 0.29) is 10.6 Å². The minimum Gasteiger partial charge on any atom is -0.508 e. The van der Waals surface area contributed by atoms with Crippen molar-refractivity contribution in [3.8, 4) is 5.75 Å². The average molecular weight is 328 g/mol. The summed E-state index contributed by atoms with van der Waals surface area (Å²) in [6, 6.07) is 14.8. The van der Waals surface area contributed by atoms with Gasteiger partial charge in [-0.3, -0.25) is 4.72 Å². The molecule has 0 atom stereocenters. The lowest BCUT2D eigenvalue weighted by molar-refractivity contribution is 0.472. The quantitative estimate of drug-likeness (QED) is 0.644. The molecule has 0 amide bonds. The number of nitrogen functional groups attached to an aromatic ring is 1. The van der Waals surface area contributed by atoms with Gasteiger partial charge in [0.2, 0.25) is 0 Å². The fraction of sp³-hybridized carbons (Fsp3) is 0.0588. The second kappa shape index (κ2) is 5.48. The van der Waals surface area contributed by atoms with Crippen LogP contribution in [0.25, 0.3) is 10.8 Å². The first kappa shape index (κ1) is 15.2. The van der Waals surface area contributed by atoms with Crippen molar-refractivity contribution < 1.29 is 13.5 Å². The SMILES string of the molecule is Cc1c(O)cc(N)c2cc(S(=O)(=O)Nc3ccccc3)ccc12. The molecule has 0 spiro atoms. The van der Waals surface area contributed by atoms with Gasteiger partial charge in [0.25, 0.3) is 10.0 Å². The molecule has 3 rings (SSSR count). The Bertz CT molecular complexity index is 984. The van der Waals surface area contributed by atoms with Crippen LogP contribution in [0.5, 0.6) is 5.75 Å². The van der Waals surface area contributed by atoms with Crippen molar-refractivity contribution in [2.75, 3.05) is 10.5 Å². The van der Waals surface area contributed by atoms with Crippen LogP contribution >= 0.6 is 0 Å². The van der Waals surface area contributed by atoms with E-state index in [1.54, 1.807) is 37.3 Å². The molecule has 4 N–H and O–H groups in total. The Kier molecular flexibility index (Phi) is 3.61. The first-order valence-electron chi connectivity index (χ1n) is 6.98. The highest BCUT2D eigenvalue weighted by atomic mass is 32.2. The van der Waals surface area contributed by atoms with E-state index in [9.17, 15) is 13.5 Å². The highest BCUT2D eigenvalue weighted by Gasteiger charge is 2.16. The summed E-state index contributed by atoms with van der Waals surface area (Å²) in [7, 11) is -3.71. The average Bonchev–Trinajstić information content (AvgIpc) is 2.53. The Hall–Kier alpha value is -2.73. The number of fused-ring (bicyclic) bond motifs is 1. The lowest BCUT2D eigenvalue weighted by Gasteiger charge is -2.12. The molecule has 23 heavy (non-hydrogen) atoms. The molecule has 118 valence electrons. The number of aromatic hydroxyl groups is 1.